The highest BCUT2D eigenvalue weighted by molar-refractivity contribution is 7.14. The van der Waals surface area contributed by atoms with E-state index in [1.165, 1.54) is 23.6 Å². The van der Waals surface area contributed by atoms with E-state index in [2.05, 4.69) is 20.6 Å². The van der Waals surface area contributed by atoms with E-state index in [9.17, 15) is 14.4 Å². The van der Waals surface area contributed by atoms with Gasteiger partial charge in [-0.05, 0) is 25.1 Å². The molecule has 28 heavy (non-hydrogen) atoms. The van der Waals surface area contributed by atoms with E-state index in [1.807, 2.05) is 13.0 Å². The zero-order valence-corrected chi connectivity index (χ0v) is 15.9. The van der Waals surface area contributed by atoms with Crippen LogP contribution in [0.4, 0.5) is 10.8 Å². The van der Waals surface area contributed by atoms with Crippen molar-refractivity contribution in [1.29, 1.82) is 0 Å². The molecule has 8 nitrogen and oxygen atoms in total. The van der Waals surface area contributed by atoms with Crippen molar-refractivity contribution >= 4 is 46.1 Å². The summed E-state index contributed by atoms with van der Waals surface area (Å²) in [6.07, 6.45) is 4.40. The third-order valence-electron chi connectivity index (χ3n) is 3.72. The molecule has 1 aromatic heterocycles. The van der Waals surface area contributed by atoms with Gasteiger partial charge in [0.1, 0.15) is 11.7 Å². The summed E-state index contributed by atoms with van der Waals surface area (Å²) >= 11 is 1.18. The fraction of sp³-hybridized carbons (Fsp3) is 0.211. The normalized spacial score (nSPS) is 15.3. The van der Waals surface area contributed by atoms with Crippen molar-refractivity contribution in [2.75, 3.05) is 17.2 Å². The average Bonchev–Trinajstić information content (AvgIpc) is 3.10. The first-order chi connectivity index (χ1) is 13.6. The number of carbonyl (C=O) groups excluding carboxylic acids is 3. The van der Waals surface area contributed by atoms with Gasteiger partial charge >= 0.3 is 0 Å². The maximum absolute atomic E-state index is 12.3. The molecule has 0 bridgehead atoms. The second kappa shape index (κ2) is 9.05. The van der Waals surface area contributed by atoms with Crippen LogP contribution in [0.1, 0.15) is 12.6 Å². The van der Waals surface area contributed by atoms with Gasteiger partial charge in [0.25, 0.3) is 5.91 Å². The topological polar surface area (TPSA) is 110 Å². The molecule has 3 amide bonds. The summed E-state index contributed by atoms with van der Waals surface area (Å²) in [6, 6.07) is 7.17. The Morgan fingerprint density at radius 3 is 2.86 bits per heavy atom. The fourth-order valence-electron chi connectivity index (χ4n) is 2.48. The lowest BCUT2D eigenvalue weighted by atomic mass is 10.1. The number of rotatable bonds is 7. The number of amides is 3. The smallest absolute Gasteiger partial charge is 0.262 e. The van der Waals surface area contributed by atoms with Crippen molar-refractivity contribution in [2.45, 2.75) is 13.3 Å². The second-order valence-corrected chi connectivity index (χ2v) is 6.62. The Hall–Kier alpha value is -3.33. The van der Waals surface area contributed by atoms with Crippen molar-refractivity contribution in [1.82, 2.24) is 4.98 Å². The van der Waals surface area contributed by atoms with E-state index in [0.29, 0.717) is 28.9 Å². The van der Waals surface area contributed by atoms with Crippen molar-refractivity contribution in [3.05, 3.63) is 47.5 Å². The molecule has 9 heteroatoms. The molecule has 1 atom stereocenters. The predicted molar refractivity (Wildman–Crippen MR) is 107 cm³/mol. The molecule has 0 saturated carbocycles. The lowest BCUT2D eigenvalue weighted by molar-refractivity contribution is -0.128. The number of anilines is 2. The molecule has 0 radical (unpaired) electrons. The van der Waals surface area contributed by atoms with Gasteiger partial charge in [0.05, 0.1) is 24.4 Å². The third-order valence-corrected chi connectivity index (χ3v) is 4.53. The van der Waals surface area contributed by atoms with Crippen molar-refractivity contribution in [3.63, 3.8) is 0 Å². The lowest BCUT2D eigenvalue weighted by Crippen LogP contribution is -2.28. The molecule has 0 fully saturated rings. The number of benzene rings is 1. The van der Waals surface area contributed by atoms with Crippen LogP contribution in [-0.4, -0.2) is 35.5 Å². The molecule has 0 spiro atoms. The SMILES string of the molecule is CCOc1ccccc1NC(=O)Cc1csc(NC(=O)C2C=CC=NC2=O)n1. The zero-order valence-electron chi connectivity index (χ0n) is 15.0. The third kappa shape index (κ3) is 4.89. The predicted octanol–water partition coefficient (Wildman–Crippen LogP) is 2.44. The number of nitrogens with one attached hydrogen (secondary N) is 2. The van der Waals surface area contributed by atoms with E-state index >= 15 is 0 Å². The van der Waals surface area contributed by atoms with Crippen molar-refractivity contribution in [3.8, 4) is 5.75 Å². The summed E-state index contributed by atoms with van der Waals surface area (Å²) in [6.45, 7) is 2.36. The highest BCUT2D eigenvalue weighted by Crippen LogP contribution is 2.24. The summed E-state index contributed by atoms with van der Waals surface area (Å²) in [5.74, 6) is -1.65. The Morgan fingerprint density at radius 1 is 1.25 bits per heavy atom. The molecule has 0 saturated heterocycles. The fourth-order valence-corrected chi connectivity index (χ4v) is 3.19. The van der Waals surface area contributed by atoms with Crippen LogP contribution < -0.4 is 15.4 Å². The number of hydrogen-bond donors (Lipinski definition) is 2. The molecule has 1 aromatic carbocycles. The van der Waals surface area contributed by atoms with Crippen LogP contribution in [0.5, 0.6) is 5.75 Å². The van der Waals surface area contributed by atoms with Crippen LogP contribution >= 0.6 is 11.3 Å². The first kappa shape index (κ1) is 19.4. The number of ether oxygens (including phenoxy) is 1. The highest BCUT2D eigenvalue weighted by atomic mass is 32.1. The molecule has 2 heterocycles. The molecular weight excluding hydrogens is 380 g/mol. The van der Waals surface area contributed by atoms with Crippen LogP contribution in [0.2, 0.25) is 0 Å². The number of hydrogen-bond acceptors (Lipinski definition) is 6. The second-order valence-electron chi connectivity index (χ2n) is 5.77. The molecule has 2 aromatic rings. The summed E-state index contributed by atoms with van der Waals surface area (Å²) in [5, 5.41) is 7.38. The van der Waals surface area contributed by atoms with Gasteiger partial charge in [-0.15, -0.1) is 11.3 Å². The van der Waals surface area contributed by atoms with Crippen LogP contribution in [0, 0.1) is 5.92 Å². The molecular formula is C19H18N4O4S. The van der Waals surface area contributed by atoms with E-state index in [4.69, 9.17) is 4.74 Å². The van der Waals surface area contributed by atoms with E-state index in [-0.39, 0.29) is 12.3 Å². The molecule has 0 aliphatic carbocycles. The lowest BCUT2D eigenvalue weighted by Gasteiger charge is -2.10. The van der Waals surface area contributed by atoms with Gasteiger partial charge in [0.2, 0.25) is 11.8 Å². The molecule has 1 unspecified atom stereocenters. The quantitative estimate of drug-likeness (QED) is 0.696. The number of carbonyl (C=O) groups is 3. The van der Waals surface area contributed by atoms with Gasteiger partial charge in [0.15, 0.2) is 5.13 Å². The van der Waals surface area contributed by atoms with Crippen molar-refractivity contribution in [2.24, 2.45) is 10.9 Å². The number of thiazole rings is 1. The Kier molecular flexibility index (Phi) is 6.28. The standard InChI is InChI=1S/C19H18N4O4S/c1-2-27-15-8-4-3-7-14(15)22-16(24)10-12-11-28-19(21-12)23-18(26)13-6-5-9-20-17(13)25/h3-9,11,13H,2,10H2,1H3,(H,22,24)(H,21,23,26). The minimum absolute atomic E-state index is 0.0411. The Morgan fingerprint density at radius 2 is 2.07 bits per heavy atom. The number of aliphatic imine (C=N–C) groups is 1. The van der Waals surface area contributed by atoms with Crippen LogP contribution in [0.15, 0.2) is 46.8 Å². The van der Waals surface area contributed by atoms with E-state index in [0.717, 1.165) is 0 Å². The Labute approximate surface area is 165 Å². The maximum atomic E-state index is 12.3. The molecule has 2 N–H and O–H groups in total. The summed E-state index contributed by atoms with van der Waals surface area (Å²) < 4.78 is 5.48. The largest absolute Gasteiger partial charge is 0.492 e. The summed E-state index contributed by atoms with van der Waals surface area (Å²) in [7, 11) is 0. The minimum Gasteiger partial charge on any atom is -0.492 e. The van der Waals surface area contributed by atoms with E-state index < -0.39 is 17.7 Å². The first-order valence-electron chi connectivity index (χ1n) is 8.58. The van der Waals surface area contributed by atoms with Crippen LogP contribution in [0.3, 0.4) is 0 Å². The molecule has 1 aliphatic rings. The first-order valence-corrected chi connectivity index (χ1v) is 9.46. The van der Waals surface area contributed by atoms with Crippen LogP contribution in [0.25, 0.3) is 0 Å². The molecule has 144 valence electrons. The average molecular weight is 398 g/mol. The van der Waals surface area contributed by atoms with Crippen molar-refractivity contribution < 1.29 is 19.1 Å². The van der Waals surface area contributed by atoms with Gasteiger partial charge in [-0.1, -0.05) is 18.2 Å². The van der Waals surface area contributed by atoms with Crippen LogP contribution in [-0.2, 0) is 20.8 Å². The number of allylic oxidation sites excluding steroid dienone is 1. The Balaban J connectivity index is 1.58. The van der Waals surface area contributed by atoms with Gasteiger partial charge < -0.3 is 15.4 Å². The molecule has 3 rings (SSSR count). The Bertz CT molecular complexity index is 951. The molecule has 1 aliphatic heterocycles. The van der Waals surface area contributed by atoms with E-state index in [1.54, 1.807) is 29.7 Å². The van der Waals surface area contributed by atoms with Gasteiger partial charge in [-0.25, -0.2) is 9.98 Å². The summed E-state index contributed by atoms with van der Waals surface area (Å²) in [5.41, 5.74) is 1.09. The number of para-hydroxylation sites is 2. The number of dihydropyridines is 1. The zero-order chi connectivity index (χ0) is 19.9. The van der Waals surface area contributed by atoms with Gasteiger partial charge in [0, 0.05) is 11.6 Å². The highest BCUT2D eigenvalue weighted by Gasteiger charge is 2.25. The monoisotopic (exact) mass is 398 g/mol. The maximum Gasteiger partial charge on any atom is 0.262 e. The number of nitrogens with zero attached hydrogens (tertiary/aromatic N) is 2. The summed E-state index contributed by atoms with van der Waals surface area (Å²) in [4.78, 5) is 43.9. The van der Waals surface area contributed by atoms with Gasteiger partial charge in [-0.2, -0.15) is 0 Å². The van der Waals surface area contributed by atoms with Gasteiger partial charge in [-0.3, -0.25) is 14.4 Å². The minimum atomic E-state index is -0.962. The number of aromatic nitrogens is 1.